The Bertz CT molecular complexity index is 1280. The number of unbranched alkanes of at least 4 members (excludes halogenated alkanes) is 27. The van der Waals surface area contributed by atoms with Crippen molar-refractivity contribution in [1.29, 1.82) is 0 Å². The Morgan fingerprint density at radius 2 is 0.970 bits per heavy atom. The first-order valence-electron chi connectivity index (χ1n) is 27.4. The van der Waals surface area contributed by atoms with Crippen LogP contribution < -0.4 is 10.2 Å². The molecule has 0 saturated carbocycles. The Balaban J connectivity index is 5.42. The zero-order valence-corrected chi connectivity index (χ0v) is 44.8. The highest BCUT2D eigenvalue weighted by molar-refractivity contribution is 7.45. The Hall–Kier alpha value is -2.03. The predicted octanol–water partition coefficient (Wildman–Crippen LogP) is 15.5. The number of quaternary nitrogens is 1. The number of ether oxygens (including phenoxy) is 1. The molecule has 0 aliphatic heterocycles. The smallest absolute Gasteiger partial charge is 0.306 e. The monoisotopic (exact) mass is 949 g/mol. The van der Waals surface area contributed by atoms with Gasteiger partial charge in [0.1, 0.15) is 19.3 Å². The zero-order chi connectivity index (χ0) is 48.7. The summed E-state index contributed by atoms with van der Waals surface area (Å²) in [6.07, 6.45) is 55.0. The summed E-state index contributed by atoms with van der Waals surface area (Å²) in [4.78, 5) is 39.7. The van der Waals surface area contributed by atoms with Gasteiger partial charge in [0.2, 0.25) is 5.91 Å². The van der Waals surface area contributed by atoms with E-state index in [1.54, 1.807) is 0 Å². The lowest BCUT2D eigenvalue weighted by molar-refractivity contribution is -0.870. The third-order valence-corrected chi connectivity index (χ3v) is 13.0. The first-order valence-corrected chi connectivity index (χ1v) is 28.9. The van der Waals surface area contributed by atoms with Gasteiger partial charge >= 0.3 is 5.97 Å². The zero-order valence-electron chi connectivity index (χ0n) is 43.9. The molecular formula is C56H105N2O7P. The molecule has 3 unspecified atom stereocenters. The molecule has 0 rings (SSSR count). The number of esters is 1. The first-order chi connectivity index (χ1) is 31.9. The number of hydrogen-bond donors (Lipinski definition) is 1. The minimum absolute atomic E-state index is 0.0254. The highest BCUT2D eigenvalue weighted by atomic mass is 31.2. The van der Waals surface area contributed by atoms with Crippen LogP contribution >= 0.6 is 7.82 Å². The number of nitrogens with one attached hydrogen (secondary N) is 1. The van der Waals surface area contributed by atoms with E-state index in [4.69, 9.17) is 13.8 Å². The standard InChI is InChI=1S/C56H105N2O7P/c1-7-10-13-16-19-22-25-28-30-33-36-39-42-45-48-55(59)57-53(52-64-66(61,62)63-51-50-58(4,5)6)54(47-44-41-38-35-32-27-24-21-18-15-12-9-3)65-56(60)49-46-43-40-37-34-31-29-26-23-20-17-14-11-8-2/h11,14,20,23,29,31,44,47,53-54H,7-10,12-13,15-19,21-22,24-28,30,32-43,45-46,48-52H2,1-6H3,(H-,57,59,61,62)/b14-11+,23-20+,31-29+,47-44+. The summed E-state index contributed by atoms with van der Waals surface area (Å²) < 4.78 is 30.2. The fourth-order valence-electron chi connectivity index (χ4n) is 7.77. The molecular weight excluding hydrogens is 844 g/mol. The predicted molar refractivity (Wildman–Crippen MR) is 279 cm³/mol. The van der Waals surface area contributed by atoms with Crippen LogP contribution in [0.15, 0.2) is 48.6 Å². The molecule has 1 amide bonds. The number of phosphoric acid groups is 1. The lowest BCUT2D eigenvalue weighted by Gasteiger charge is -2.30. The molecule has 3 atom stereocenters. The summed E-state index contributed by atoms with van der Waals surface area (Å²) >= 11 is 0. The number of allylic oxidation sites excluding steroid dienone is 7. The van der Waals surface area contributed by atoms with E-state index in [1.165, 1.54) is 122 Å². The highest BCUT2D eigenvalue weighted by Gasteiger charge is 2.27. The van der Waals surface area contributed by atoms with Crippen molar-refractivity contribution in [2.75, 3.05) is 40.9 Å². The van der Waals surface area contributed by atoms with Gasteiger partial charge < -0.3 is 28.5 Å². The normalized spacial score (nSPS) is 14.2. The van der Waals surface area contributed by atoms with Crippen LogP contribution in [0.3, 0.4) is 0 Å². The summed E-state index contributed by atoms with van der Waals surface area (Å²) in [6, 6.07) is -0.893. The van der Waals surface area contributed by atoms with Crippen molar-refractivity contribution in [2.24, 2.45) is 0 Å². The minimum Gasteiger partial charge on any atom is -0.756 e. The fraction of sp³-hybridized carbons (Fsp3) is 0.821. The Morgan fingerprint density at radius 3 is 1.45 bits per heavy atom. The number of carbonyl (C=O) groups excluding carboxylic acids is 2. The van der Waals surface area contributed by atoms with Crippen molar-refractivity contribution < 1.29 is 37.3 Å². The van der Waals surface area contributed by atoms with Gasteiger partial charge in [0.05, 0.1) is 33.8 Å². The average Bonchev–Trinajstić information content (AvgIpc) is 3.27. The molecule has 0 radical (unpaired) electrons. The molecule has 0 aliphatic carbocycles. The summed E-state index contributed by atoms with van der Waals surface area (Å²) in [5, 5.41) is 3.01. The largest absolute Gasteiger partial charge is 0.756 e. The molecule has 66 heavy (non-hydrogen) atoms. The molecule has 9 nitrogen and oxygen atoms in total. The van der Waals surface area contributed by atoms with E-state index in [2.05, 4.69) is 62.5 Å². The minimum atomic E-state index is -4.69. The van der Waals surface area contributed by atoms with Crippen LogP contribution in [-0.2, 0) is 27.9 Å². The molecule has 0 aromatic carbocycles. The van der Waals surface area contributed by atoms with Gasteiger partial charge in [-0.25, -0.2) is 0 Å². The number of hydrogen-bond acceptors (Lipinski definition) is 7. The van der Waals surface area contributed by atoms with Crippen LogP contribution in [0.4, 0.5) is 0 Å². The van der Waals surface area contributed by atoms with Crippen molar-refractivity contribution in [2.45, 2.75) is 258 Å². The van der Waals surface area contributed by atoms with E-state index < -0.39 is 26.6 Å². The maximum atomic E-state index is 13.4. The number of phosphoric ester groups is 1. The van der Waals surface area contributed by atoms with Gasteiger partial charge in [0.15, 0.2) is 0 Å². The van der Waals surface area contributed by atoms with E-state index in [-0.39, 0.29) is 24.9 Å². The lowest BCUT2D eigenvalue weighted by atomic mass is 10.0. The molecule has 0 aliphatic rings. The van der Waals surface area contributed by atoms with Crippen LogP contribution in [0.25, 0.3) is 0 Å². The molecule has 0 saturated heterocycles. The summed E-state index contributed by atoms with van der Waals surface area (Å²) in [5.74, 6) is -0.563. The van der Waals surface area contributed by atoms with E-state index in [1.807, 2.05) is 33.3 Å². The van der Waals surface area contributed by atoms with Gasteiger partial charge in [-0.2, -0.15) is 0 Å². The van der Waals surface area contributed by atoms with Crippen molar-refractivity contribution in [3.8, 4) is 0 Å². The second-order valence-electron chi connectivity index (χ2n) is 19.7. The number of rotatable bonds is 49. The second kappa shape index (κ2) is 46.7. The molecule has 1 N–H and O–H groups in total. The Kier molecular flexibility index (Phi) is 45.3. The van der Waals surface area contributed by atoms with Crippen LogP contribution in [-0.4, -0.2) is 69.4 Å². The van der Waals surface area contributed by atoms with Crippen molar-refractivity contribution in [1.82, 2.24) is 5.32 Å². The number of carbonyl (C=O) groups is 2. The number of nitrogens with zero attached hydrogens (tertiary/aromatic N) is 1. The topological polar surface area (TPSA) is 114 Å². The van der Waals surface area contributed by atoms with Gasteiger partial charge in [-0.05, 0) is 63.9 Å². The van der Waals surface area contributed by atoms with Crippen molar-refractivity contribution >= 4 is 19.7 Å². The van der Waals surface area contributed by atoms with Crippen molar-refractivity contribution in [3.63, 3.8) is 0 Å². The fourth-order valence-corrected chi connectivity index (χ4v) is 8.49. The van der Waals surface area contributed by atoms with Crippen LogP contribution in [0, 0.1) is 0 Å². The second-order valence-corrected chi connectivity index (χ2v) is 21.1. The van der Waals surface area contributed by atoms with Gasteiger partial charge in [-0.3, -0.25) is 14.2 Å². The Labute approximate surface area is 408 Å². The summed E-state index contributed by atoms with van der Waals surface area (Å²) in [5.41, 5.74) is 0. The number of likely N-dealkylation sites (N-methyl/N-ethyl adjacent to an activating group) is 1. The Morgan fingerprint density at radius 1 is 0.545 bits per heavy atom. The molecule has 0 aromatic rings. The maximum absolute atomic E-state index is 13.4. The average molecular weight is 949 g/mol. The van der Waals surface area contributed by atoms with E-state index in [0.717, 1.165) is 83.5 Å². The van der Waals surface area contributed by atoms with E-state index >= 15 is 0 Å². The third-order valence-electron chi connectivity index (χ3n) is 12.0. The molecule has 0 bridgehead atoms. The van der Waals surface area contributed by atoms with E-state index in [0.29, 0.717) is 23.9 Å². The van der Waals surface area contributed by atoms with Gasteiger partial charge in [0, 0.05) is 12.8 Å². The highest BCUT2D eigenvalue weighted by Crippen LogP contribution is 2.38. The molecule has 0 heterocycles. The maximum Gasteiger partial charge on any atom is 0.306 e. The van der Waals surface area contributed by atoms with Gasteiger partial charge in [-0.1, -0.05) is 217 Å². The van der Waals surface area contributed by atoms with Crippen LogP contribution in [0.5, 0.6) is 0 Å². The third kappa shape index (κ3) is 47.1. The van der Waals surface area contributed by atoms with Gasteiger partial charge in [0.25, 0.3) is 7.82 Å². The van der Waals surface area contributed by atoms with Gasteiger partial charge in [-0.15, -0.1) is 0 Å². The quantitative estimate of drug-likeness (QED) is 0.0212. The summed E-state index contributed by atoms with van der Waals surface area (Å²) in [7, 11) is 1.17. The molecule has 10 heteroatoms. The van der Waals surface area contributed by atoms with E-state index in [9.17, 15) is 19.0 Å². The molecule has 0 spiro atoms. The molecule has 386 valence electrons. The van der Waals surface area contributed by atoms with Crippen LogP contribution in [0.1, 0.15) is 245 Å². The van der Waals surface area contributed by atoms with Crippen LogP contribution in [0.2, 0.25) is 0 Å². The molecule has 0 aromatic heterocycles. The molecule has 0 fully saturated rings. The lowest BCUT2D eigenvalue weighted by Crippen LogP contribution is -2.47. The van der Waals surface area contributed by atoms with Crippen molar-refractivity contribution in [3.05, 3.63) is 48.6 Å². The SMILES string of the molecule is CC/C=C/C/C=C/C/C=C/CCCCCCC(=O)OC(/C=C/CCCCCCCCCCCC)C(COP(=O)([O-])OCC[N+](C)(C)C)NC(=O)CCCCCCCCCCCCCCCC. The summed E-state index contributed by atoms with van der Waals surface area (Å²) in [6.45, 7) is 6.71. The number of amides is 1. The first kappa shape index (κ1) is 64.0.